The zero-order valence-corrected chi connectivity index (χ0v) is 18.1. The number of benzene rings is 2. The lowest BCUT2D eigenvalue weighted by molar-refractivity contribution is -0.0452. The molecule has 2 aromatic rings. The van der Waals surface area contributed by atoms with Crippen LogP contribution in [0.1, 0.15) is 53.9 Å². The van der Waals surface area contributed by atoms with Crippen molar-refractivity contribution in [3.05, 3.63) is 70.8 Å². The lowest BCUT2D eigenvalue weighted by atomic mass is 9.61. The molecule has 1 N–H and O–H groups in total. The monoisotopic (exact) mass is 431 g/mol. The molecular weight excluding hydrogens is 402 g/mol. The lowest BCUT2D eigenvalue weighted by Gasteiger charge is -2.49. The average Bonchev–Trinajstić information content (AvgIpc) is 3.28. The van der Waals surface area contributed by atoms with Crippen LogP contribution in [-0.2, 0) is 24.9 Å². The normalized spacial score (nSPS) is 24.7. The van der Waals surface area contributed by atoms with Crippen LogP contribution in [-0.4, -0.2) is 51.2 Å². The highest BCUT2D eigenvalue weighted by Crippen LogP contribution is 2.56. The molecule has 0 saturated carbocycles. The molecule has 162 valence electrons. The maximum absolute atomic E-state index is 9.33. The van der Waals surface area contributed by atoms with Gasteiger partial charge >= 0.3 is 10.4 Å². The van der Waals surface area contributed by atoms with Crippen LogP contribution in [0.3, 0.4) is 0 Å². The summed E-state index contributed by atoms with van der Waals surface area (Å²) in [7, 11) is -3.29. The average molecular weight is 432 g/mol. The molecular formula is C23H29NO5S. The summed E-state index contributed by atoms with van der Waals surface area (Å²) in [6.07, 6.45) is 5.01. The van der Waals surface area contributed by atoms with Crippen LogP contribution in [0, 0.1) is 0 Å². The molecule has 2 aromatic carbocycles. The predicted molar refractivity (Wildman–Crippen MR) is 115 cm³/mol. The standard InChI is InChI=1S/C22H25NO.CH4O4S/c1-3-9-20-18(7-1)17-11-12-22(20,21-10-4-2-8-19(17)21)24-16-15-23-13-5-6-14-23;1-5-6(2,3)4/h1-4,7-10,17H,5-6,11-16H2;1H3,(H,2,3,4). The van der Waals surface area contributed by atoms with Gasteiger partial charge in [0, 0.05) is 12.5 Å². The molecule has 1 heterocycles. The first-order chi connectivity index (χ1) is 14.4. The number of fused-ring (bicyclic) bond motifs is 1. The van der Waals surface area contributed by atoms with Gasteiger partial charge in [-0.2, -0.15) is 8.42 Å². The highest BCUT2D eigenvalue weighted by molar-refractivity contribution is 7.80. The predicted octanol–water partition coefficient (Wildman–Crippen LogP) is 3.72. The number of hydrogen-bond donors (Lipinski definition) is 1. The molecule has 0 amide bonds. The molecule has 0 aromatic heterocycles. The van der Waals surface area contributed by atoms with Crippen LogP contribution in [0.4, 0.5) is 0 Å². The van der Waals surface area contributed by atoms with Crippen LogP contribution in [0.2, 0.25) is 0 Å². The maximum Gasteiger partial charge on any atom is 0.397 e. The van der Waals surface area contributed by atoms with Crippen LogP contribution in [0.5, 0.6) is 0 Å². The Morgan fingerprint density at radius 2 is 1.57 bits per heavy atom. The molecule has 1 aliphatic heterocycles. The van der Waals surface area contributed by atoms with Crippen LogP contribution >= 0.6 is 0 Å². The van der Waals surface area contributed by atoms with E-state index in [1.165, 1.54) is 54.6 Å². The number of ether oxygens (including phenoxy) is 1. The van der Waals surface area contributed by atoms with Crippen LogP contribution in [0.15, 0.2) is 48.5 Å². The minimum atomic E-state index is -4.16. The van der Waals surface area contributed by atoms with E-state index < -0.39 is 10.4 Å². The van der Waals surface area contributed by atoms with Gasteiger partial charge < -0.3 is 9.64 Å². The van der Waals surface area contributed by atoms with Crippen molar-refractivity contribution in [1.29, 1.82) is 0 Å². The number of likely N-dealkylation sites (tertiary alicyclic amines) is 1. The van der Waals surface area contributed by atoms with E-state index in [1.54, 1.807) is 0 Å². The second kappa shape index (κ2) is 8.77. The summed E-state index contributed by atoms with van der Waals surface area (Å²) >= 11 is 0. The Balaban J connectivity index is 0.000000322. The first kappa shape index (κ1) is 21.5. The third kappa shape index (κ3) is 4.18. The van der Waals surface area contributed by atoms with E-state index in [0.29, 0.717) is 5.92 Å². The second-order valence-corrected chi connectivity index (χ2v) is 9.27. The molecule has 3 aliphatic carbocycles. The Morgan fingerprint density at radius 1 is 1.03 bits per heavy atom. The number of nitrogens with zero attached hydrogens (tertiary/aromatic N) is 1. The molecule has 6 nitrogen and oxygen atoms in total. The van der Waals surface area contributed by atoms with Gasteiger partial charge in [-0.25, -0.2) is 0 Å². The highest BCUT2D eigenvalue weighted by Gasteiger charge is 2.48. The Labute approximate surface area is 178 Å². The van der Waals surface area contributed by atoms with E-state index in [9.17, 15) is 8.42 Å². The Morgan fingerprint density at radius 3 is 2.10 bits per heavy atom. The number of rotatable bonds is 5. The van der Waals surface area contributed by atoms with Crippen molar-refractivity contribution in [2.24, 2.45) is 0 Å². The molecule has 0 spiro atoms. The van der Waals surface area contributed by atoms with Gasteiger partial charge in [0.25, 0.3) is 0 Å². The minimum absolute atomic E-state index is 0.221. The molecule has 6 rings (SSSR count). The summed E-state index contributed by atoms with van der Waals surface area (Å²) in [5.41, 5.74) is 5.59. The summed E-state index contributed by atoms with van der Waals surface area (Å²) in [6.45, 7) is 4.38. The van der Waals surface area contributed by atoms with Gasteiger partial charge in [-0.15, -0.1) is 0 Å². The maximum atomic E-state index is 9.33. The van der Waals surface area contributed by atoms with Gasteiger partial charge in [-0.1, -0.05) is 48.5 Å². The third-order valence-electron chi connectivity index (χ3n) is 6.49. The SMILES string of the molecule is COS(=O)(=O)O.c1ccc2c(c1)C1CCC2(OCCN2CCCC2)c2ccccc21. The van der Waals surface area contributed by atoms with E-state index in [0.717, 1.165) is 26.7 Å². The van der Waals surface area contributed by atoms with E-state index >= 15 is 0 Å². The zero-order chi connectivity index (χ0) is 21.2. The van der Waals surface area contributed by atoms with Crippen LogP contribution < -0.4 is 0 Å². The van der Waals surface area contributed by atoms with Gasteiger partial charge in [0.2, 0.25) is 0 Å². The minimum Gasteiger partial charge on any atom is -0.364 e. The first-order valence-electron chi connectivity index (χ1n) is 10.5. The molecule has 7 heteroatoms. The van der Waals surface area contributed by atoms with Crippen molar-refractivity contribution in [1.82, 2.24) is 4.90 Å². The molecule has 1 fully saturated rings. The summed E-state index contributed by atoms with van der Waals surface area (Å²) in [5.74, 6) is 0.557. The van der Waals surface area contributed by atoms with Crippen molar-refractivity contribution in [2.45, 2.75) is 37.2 Å². The Kier molecular flexibility index (Phi) is 6.27. The van der Waals surface area contributed by atoms with E-state index in [2.05, 4.69) is 57.6 Å². The van der Waals surface area contributed by atoms with Crippen molar-refractivity contribution in [2.75, 3.05) is 33.4 Å². The molecule has 0 atom stereocenters. The molecule has 0 unspecified atom stereocenters. The topological polar surface area (TPSA) is 76.1 Å². The van der Waals surface area contributed by atoms with Crippen molar-refractivity contribution in [3.63, 3.8) is 0 Å². The van der Waals surface area contributed by atoms with Gasteiger partial charge in [0.1, 0.15) is 5.60 Å². The molecule has 30 heavy (non-hydrogen) atoms. The van der Waals surface area contributed by atoms with Crippen LogP contribution in [0.25, 0.3) is 0 Å². The fourth-order valence-corrected chi connectivity index (χ4v) is 5.16. The fourth-order valence-electron chi connectivity index (χ4n) is 5.16. The number of hydrogen-bond acceptors (Lipinski definition) is 5. The zero-order valence-electron chi connectivity index (χ0n) is 17.3. The van der Waals surface area contributed by atoms with Gasteiger partial charge in [0.15, 0.2) is 0 Å². The van der Waals surface area contributed by atoms with E-state index in [-0.39, 0.29) is 5.60 Å². The van der Waals surface area contributed by atoms with E-state index in [1.807, 2.05) is 0 Å². The van der Waals surface area contributed by atoms with Crippen molar-refractivity contribution in [3.8, 4) is 0 Å². The molecule has 0 radical (unpaired) electrons. The van der Waals surface area contributed by atoms with Gasteiger partial charge in [-0.3, -0.25) is 8.74 Å². The van der Waals surface area contributed by atoms with Crippen molar-refractivity contribution >= 4 is 10.4 Å². The second-order valence-electron chi connectivity index (χ2n) is 8.08. The summed E-state index contributed by atoms with van der Waals surface area (Å²) in [4.78, 5) is 2.54. The highest BCUT2D eigenvalue weighted by atomic mass is 32.3. The molecule has 2 bridgehead atoms. The third-order valence-corrected chi connectivity index (χ3v) is 6.91. The van der Waals surface area contributed by atoms with Gasteiger partial charge in [-0.05, 0) is 61.0 Å². The quantitative estimate of drug-likeness (QED) is 0.728. The molecule has 1 saturated heterocycles. The summed E-state index contributed by atoms with van der Waals surface area (Å²) in [6, 6.07) is 17.9. The van der Waals surface area contributed by atoms with Gasteiger partial charge in [0.05, 0.1) is 13.7 Å². The molecule has 4 aliphatic rings. The Hall–Kier alpha value is -1.77. The van der Waals surface area contributed by atoms with E-state index in [4.69, 9.17) is 9.29 Å². The fraction of sp³-hybridized carbons (Fsp3) is 0.478. The summed E-state index contributed by atoms with van der Waals surface area (Å²) in [5, 5.41) is 0. The summed E-state index contributed by atoms with van der Waals surface area (Å²) < 4.78 is 36.4. The van der Waals surface area contributed by atoms with Crippen molar-refractivity contribution < 1.29 is 21.9 Å². The first-order valence-corrected chi connectivity index (χ1v) is 11.9. The largest absolute Gasteiger partial charge is 0.397 e. The lowest BCUT2D eigenvalue weighted by Crippen LogP contribution is -2.43. The Bertz CT molecular complexity index is 937. The smallest absolute Gasteiger partial charge is 0.364 e.